The summed E-state index contributed by atoms with van der Waals surface area (Å²) >= 11 is 5.37. The van der Waals surface area contributed by atoms with Gasteiger partial charge in [-0.25, -0.2) is 0 Å². The Morgan fingerprint density at radius 1 is 1.28 bits per heavy atom. The maximum Gasteiger partial charge on any atom is 0.256 e. The van der Waals surface area contributed by atoms with Crippen molar-refractivity contribution >= 4 is 33.6 Å². The van der Waals surface area contributed by atoms with E-state index in [0.717, 1.165) is 14.9 Å². The lowest BCUT2D eigenvalue weighted by atomic mass is 9.83. The molecule has 1 saturated heterocycles. The standard InChI is InChI=1S/C20H17BrN2OS/c1-2-6-18-22-19(24)20(23-18)12-17(13-7-4-3-5-8-13)25-16-10-9-14(21)11-15(16)20/h2-5,7-11,17,23H,12H2,1H3,(H,22,24). The molecule has 5 heteroatoms. The van der Waals surface area contributed by atoms with Gasteiger partial charge in [0.05, 0.1) is 0 Å². The predicted octanol–water partition coefficient (Wildman–Crippen LogP) is 4.62. The number of fused-ring (bicyclic) bond motifs is 2. The normalized spacial score (nSPS) is 24.3. The highest BCUT2D eigenvalue weighted by Crippen LogP contribution is 2.53. The minimum Gasteiger partial charge on any atom is -0.347 e. The van der Waals surface area contributed by atoms with Crippen molar-refractivity contribution in [1.29, 1.82) is 0 Å². The molecule has 4 rings (SSSR count). The van der Waals surface area contributed by atoms with Crippen molar-refractivity contribution in [2.75, 3.05) is 0 Å². The number of hydrogen-bond donors (Lipinski definition) is 2. The minimum absolute atomic E-state index is 0.0163. The van der Waals surface area contributed by atoms with E-state index in [-0.39, 0.29) is 11.2 Å². The third-order valence-corrected chi connectivity index (χ3v) is 6.41. The van der Waals surface area contributed by atoms with Gasteiger partial charge in [-0.3, -0.25) is 4.79 Å². The van der Waals surface area contributed by atoms with E-state index in [1.165, 1.54) is 5.56 Å². The number of thioether (sulfide) groups is 1. The second kappa shape index (κ2) is 6.41. The minimum atomic E-state index is -0.768. The van der Waals surface area contributed by atoms with Crippen LogP contribution in [-0.4, -0.2) is 5.91 Å². The van der Waals surface area contributed by atoms with Crippen LogP contribution in [0, 0.1) is 0 Å². The molecule has 1 amide bonds. The van der Waals surface area contributed by atoms with Crippen LogP contribution in [0.1, 0.15) is 29.7 Å². The summed E-state index contributed by atoms with van der Waals surface area (Å²) in [7, 11) is 0. The molecule has 2 atom stereocenters. The van der Waals surface area contributed by atoms with Crippen LogP contribution in [-0.2, 0) is 10.3 Å². The van der Waals surface area contributed by atoms with Gasteiger partial charge in [-0.05, 0) is 36.8 Å². The van der Waals surface area contributed by atoms with Gasteiger partial charge in [-0.15, -0.1) is 11.8 Å². The number of carbonyl (C=O) groups excluding carboxylic acids is 1. The molecule has 2 N–H and O–H groups in total. The Morgan fingerprint density at radius 3 is 2.84 bits per heavy atom. The van der Waals surface area contributed by atoms with Crippen LogP contribution < -0.4 is 10.6 Å². The van der Waals surface area contributed by atoms with Crippen molar-refractivity contribution in [3.63, 3.8) is 0 Å². The predicted molar refractivity (Wildman–Crippen MR) is 104 cm³/mol. The Labute approximate surface area is 159 Å². The largest absolute Gasteiger partial charge is 0.347 e. The van der Waals surface area contributed by atoms with Gasteiger partial charge in [0, 0.05) is 26.6 Å². The van der Waals surface area contributed by atoms with E-state index in [2.05, 4.69) is 56.6 Å². The number of carbonyl (C=O) groups is 1. The summed E-state index contributed by atoms with van der Waals surface area (Å²) < 4.78 is 0.974. The first-order chi connectivity index (χ1) is 12.1. The summed E-state index contributed by atoms with van der Waals surface area (Å²) in [6.45, 7) is 1.89. The topological polar surface area (TPSA) is 41.1 Å². The van der Waals surface area contributed by atoms with Gasteiger partial charge >= 0.3 is 0 Å². The summed E-state index contributed by atoms with van der Waals surface area (Å²) in [6.07, 6.45) is 2.49. The lowest BCUT2D eigenvalue weighted by Gasteiger charge is -2.37. The van der Waals surface area contributed by atoms with Crippen LogP contribution in [0.5, 0.6) is 0 Å². The maximum atomic E-state index is 13.0. The van der Waals surface area contributed by atoms with E-state index < -0.39 is 5.54 Å². The molecular weight excluding hydrogens is 396 g/mol. The summed E-state index contributed by atoms with van der Waals surface area (Å²) in [6, 6.07) is 16.5. The lowest BCUT2D eigenvalue weighted by Crippen LogP contribution is -2.46. The van der Waals surface area contributed by atoms with E-state index in [1.54, 1.807) is 6.08 Å². The molecule has 0 radical (unpaired) electrons. The highest BCUT2D eigenvalue weighted by Gasteiger charge is 2.51. The quantitative estimate of drug-likeness (QED) is 0.671. The van der Waals surface area contributed by atoms with Crippen LogP contribution in [0.25, 0.3) is 0 Å². The molecule has 2 aromatic rings. The Bertz CT molecular complexity index is 905. The molecule has 25 heavy (non-hydrogen) atoms. The van der Waals surface area contributed by atoms with E-state index in [4.69, 9.17) is 0 Å². The summed E-state index contributed by atoms with van der Waals surface area (Å²) in [4.78, 5) is 14.1. The summed E-state index contributed by atoms with van der Waals surface area (Å²) in [5, 5.41) is 6.57. The highest BCUT2D eigenvalue weighted by atomic mass is 79.9. The van der Waals surface area contributed by atoms with Gasteiger partial charge in [-0.1, -0.05) is 52.0 Å². The van der Waals surface area contributed by atoms with E-state index in [0.29, 0.717) is 12.2 Å². The van der Waals surface area contributed by atoms with Crippen molar-refractivity contribution in [2.24, 2.45) is 0 Å². The number of rotatable bonds is 1. The van der Waals surface area contributed by atoms with Crippen LogP contribution >= 0.6 is 27.7 Å². The van der Waals surface area contributed by atoms with Gasteiger partial charge in [-0.2, -0.15) is 0 Å². The molecule has 126 valence electrons. The summed E-state index contributed by atoms with van der Waals surface area (Å²) in [5.74, 6) is 0.620. The lowest BCUT2D eigenvalue weighted by molar-refractivity contribution is -0.124. The zero-order valence-electron chi connectivity index (χ0n) is 13.7. The maximum absolute atomic E-state index is 13.0. The third kappa shape index (κ3) is 2.82. The number of benzene rings is 2. The van der Waals surface area contributed by atoms with Gasteiger partial charge < -0.3 is 10.6 Å². The Morgan fingerprint density at radius 2 is 2.08 bits per heavy atom. The molecule has 0 aliphatic carbocycles. The fourth-order valence-electron chi connectivity index (χ4n) is 3.45. The van der Waals surface area contributed by atoms with E-state index in [1.807, 2.05) is 43.0 Å². The molecule has 2 aromatic carbocycles. The van der Waals surface area contributed by atoms with Crippen molar-refractivity contribution in [3.05, 3.63) is 81.8 Å². The molecule has 1 spiro atoms. The molecule has 3 nitrogen and oxygen atoms in total. The first kappa shape index (κ1) is 16.5. The number of amides is 1. The number of allylic oxidation sites excluding steroid dienone is 1. The SMILES string of the molecule is CC=C=C1NC(=O)C2(CC(c3ccccc3)Sc3ccc(Br)cc32)N1. The number of nitrogens with one attached hydrogen (secondary N) is 2. The first-order valence-electron chi connectivity index (χ1n) is 8.15. The molecule has 0 saturated carbocycles. The second-order valence-electron chi connectivity index (χ2n) is 6.15. The Balaban J connectivity index is 1.86. The fraction of sp³-hybridized carbons (Fsp3) is 0.200. The van der Waals surface area contributed by atoms with Crippen molar-refractivity contribution in [1.82, 2.24) is 10.6 Å². The molecule has 2 heterocycles. The molecule has 2 aliphatic heterocycles. The van der Waals surface area contributed by atoms with Crippen LogP contribution in [0.2, 0.25) is 0 Å². The highest BCUT2D eigenvalue weighted by molar-refractivity contribution is 9.10. The van der Waals surface area contributed by atoms with Gasteiger partial charge in [0.15, 0.2) is 5.82 Å². The smallest absolute Gasteiger partial charge is 0.256 e. The van der Waals surface area contributed by atoms with Crippen molar-refractivity contribution in [2.45, 2.75) is 29.0 Å². The zero-order valence-corrected chi connectivity index (χ0v) is 16.1. The first-order valence-corrected chi connectivity index (χ1v) is 9.82. The fourth-order valence-corrected chi connectivity index (χ4v) is 5.25. The van der Waals surface area contributed by atoms with E-state index in [9.17, 15) is 4.79 Å². The second-order valence-corrected chi connectivity index (χ2v) is 8.31. The third-order valence-electron chi connectivity index (χ3n) is 4.59. The average Bonchev–Trinajstić information content (AvgIpc) is 2.92. The van der Waals surface area contributed by atoms with E-state index >= 15 is 0 Å². The van der Waals surface area contributed by atoms with Gasteiger partial charge in [0.1, 0.15) is 5.54 Å². The molecular formula is C20H17BrN2OS. The zero-order chi connectivity index (χ0) is 17.4. The number of halogens is 1. The van der Waals surface area contributed by atoms with Crippen LogP contribution in [0.15, 0.2) is 75.5 Å². The Kier molecular flexibility index (Phi) is 4.24. The molecule has 1 fully saturated rings. The number of hydrogen-bond acceptors (Lipinski definition) is 3. The van der Waals surface area contributed by atoms with Crippen LogP contribution in [0.3, 0.4) is 0 Å². The molecule has 2 aliphatic rings. The molecule has 0 bridgehead atoms. The molecule has 0 aromatic heterocycles. The van der Waals surface area contributed by atoms with Crippen molar-refractivity contribution < 1.29 is 4.79 Å². The average molecular weight is 413 g/mol. The summed E-state index contributed by atoms with van der Waals surface area (Å²) in [5.41, 5.74) is 4.56. The monoisotopic (exact) mass is 412 g/mol. The van der Waals surface area contributed by atoms with Crippen LogP contribution in [0.4, 0.5) is 0 Å². The van der Waals surface area contributed by atoms with Gasteiger partial charge in [0.25, 0.3) is 5.91 Å². The molecule has 2 unspecified atom stereocenters. The van der Waals surface area contributed by atoms with Crippen molar-refractivity contribution in [3.8, 4) is 0 Å². The Hall–Kier alpha value is -1.94. The van der Waals surface area contributed by atoms with Gasteiger partial charge in [0.2, 0.25) is 0 Å².